The summed E-state index contributed by atoms with van der Waals surface area (Å²) in [5, 5.41) is 0. The zero-order valence-electron chi connectivity index (χ0n) is 14.7. The van der Waals surface area contributed by atoms with Crippen molar-refractivity contribution in [1.82, 2.24) is 14.5 Å². The summed E-state index contributed by atoms with van der Waals surface area (Å²) in [6.07, 6.45) is 6.46. The number of rotatable bonds is 3. The molecule has 0 saturated carbocycles. The van der Waals surface area contributed by atoms with Crippen LogP contribution in [0, 0.1) is 6.92 Å². The van der Waals surface area contributed by atoms with E-state index in [1.54, 1.807) is 0 Å². The first-order chi connectivity index (χ1) is 12.1. The highest BCUT2D eigenvalue weighted by atomic mass is 16.5. The predicted octanol–water partition coefficient (Wildman–Crippen LogP) is 4.52. The molecule has 4 nitrogen and oxygen atoms in total. The first-order valence-electron chi connectivity index (χ1n) is 8.41. The maximum atomic E-state index is 6.31. The summed E-state index contributed by atoms with van der Waals surface area (Å²) in [6, 6.07) is 14.1. The molecule has 4 rings (SSSR count). The van der Waals surface area contributed by atoms with Crippen LogP contribution in [0.25, 0.3) is 16.6 Å². The number of aromatic nitrogens is 2. The third kappa shape index (κ3) is 2.80. The molecule has 2 heterocycles. The first kappa shape index (κ1) is 15.5. The highest BCUT2D eigenvalue weighted by Crippen LogP contribution is 2.38. The standard InChI is InChI=1S/C21H21N3O/c1-15-22-20-19(24(15)3)12-11-18(16-8-7-13-23(2)14-16)21(20)25-17-9-5-4-6-10-17/h4-12,14H,13H2,1-3H3. The summed E-state index contributed by atoms with van der Waals surface area (Å²) < 4.78 is 8.40. The zero-order valence-corrected chi connectivity index (χ0v) is 14.7. The Kier molecular flexibility index (Phi) is 3.80. The zero-order chi connectivity index (χ0) is 17.4. The minimum atomic E-state index is 0.804. The van der Waals surface area contributed by atoms with E-state index in [4.69, 9.17) is 9.72 Å². The highest BCUT2D eigenvalue weighted by molar-refractivity contribution is 5.91. The number of para-hydroxylation sites is 1. The quantitative estimate of drug-likeness (QED) is 0.707. The van der Waals surface area contributed by atoms with Gasteiger partial charge in [-0.2, -0.15) is 0 Å². The van der Waals surface area contributed by atoms with Gasteiger partial charge in [-0.05, 0) is 31.2 Å². The lowest BCUT2D eigenvalue weighted by Crippen LogP contribution is -2.13. The Morgan fingerprint density at radius 1 is 1.04 bits per heavy atom. The molecule has 0 fully saturated rings. The number of imidazole rings is 1. The largest absolute Gasteiger partial charge is 0.454 e. The van der Waals surface area contributed by atoms with Crippen molar-refractivity contribution in [2.45, 2.75) is 6.92 Å². The smallest absolute Gasteiger partial charge is 0.163 e. The number of likely N-dealkylation sites (N-methyl/N-ethyl adjacent to an activating group) is 1. The maximum absolute atomic E-state index is 6.31. The average Bonchev–Trinajstić information content (AvgIpc) is 2.91. The van der Waals surface area contributed by atoms with Gasteiger partial charge in [0.15, 0.2) is 5.75 Å². The van der Waals surface area contributed by atoms with E-state index in [9.17, 15) is 0 Å². The van der Waals surface area contributed by atoms with E-state index < -0.39 is 0 Å². The van der Waals surface area contributed by atoms with Crippen molar-refractivity contribution >= 4 is 16.6 Å². The molecule has 0 radical (unpaired) electrons. The molecule has 0 N–H and O–H groups in total. The topological polar surface area (TPSA) is 30.3 Å². The summed E-state index contributed by atoms with van der Waals surface area (Å²) in [5.74, 6) is 2.59. The lowest BCUT2D eigenvalue weighted by Gasteiger charge is -2.20. The molecule has 1 aliphatic rings. The molecule has 0 spiro atoms. The molecule has 3 aromatic rings. The fourth-order valence-electron chi connectivity index (χ4n) is 3.13. The van der Waals surface area contributed by atoms with Gasteiger partial charge < -0.3 is 14.2 Å². The van der Waals surface area contributed by atoms with Crippen molar-refractivity contribution in [2.75, 3.05) is 13.6 Å². The van der Waals surface area contributed by atoms with Crippen molar-refractivity contribution in [3.8, 4) is 11.5 Å². The second-order valence-corrected chi connectivity index (χ2v) is 6.37. The maximum Gasteiger partial charge on any atom is 0.163 e. The number of benzene rings is 2. The van der Waals surface area contributed by atoms with Crippen molar-refractivity contribution in [3.63, 3.8) is 0 Å². The number of hydrogen-bond donors (Lipinski definition) is 0. The average molecular weight is 331 g/mol. The normalized spacial score (nSPS) is 14.0. The SMILES string of the molecule is Cc1nc2c(Oc3ccccc3)c(C3=CN(C)CC=C3)ccc2n1C. The number of hydrogen-bond acceptors (Lipinski definition) is 3. The second-order valence-electron chi connectivity index (χ2n) is 6.37. The number of allylic oxidation sites excluding steroid dienone is 2. The third-order valence-corrected chi connectivity index (χ3v) is 4.55. The van der Waals surface area contributed by atoms with Gasteiger partial charge in [0.05, 0.1) is 5.52 Å². The van der Waals surface area contributed by atoms with Crippen molar-refractivity contribution in [1.29, 1.82) is 0 Å². The van der Waals surface area contributed by atoms with E-state index in [-0.39, 0.29) is 0 Å². The Balaban J connectivity index is 1.93. The molecule has 0 atom stereocenters. The van der Waals surface area contributed by atoms with Gasteiger partial charge in [0, 0.05) is 38.0 Å². The van der Waals surface area contributed by atoms with Crippen LogP contribution in [0.4, 0.5) is 0 Å². The van der Waals surface area contributed by atoms with Crippen LogP contribution in [0.2, 0.25) is 0 Å². The summed E-state index contributed by atoms with van der Waals surface area (Å²) >= 11 is 0. The van der Waals surface area contributed by atoms with Crippen LogP contribution in [0.1, 0.15) is 11.4 Å². The fraction of sp³-hybridized carbons (Fsp3) is 0.190. The molecular weight excluding hydrogens is 310 g/mol. The van der Waals surface area contributed by atoms with Gasteiger partial charge in [-0.1, -0.05) is 30.4 Å². The molecule has 0 bridgehead atoms. The summed E-state index contributed by atoms with van der Waals surface area (Å²) in [7, 11) is 4.11. The van der Waals surface area contributed by atoms with Gasteiger partial charge in [-0.15, -0.1) is 0 Å². The monoisotopic (exact) mass is 331 g/mol. The van der Waals surface area contributed by atoms with Gasteiger partial charge in [-0.25, -0.2) is 4.98 Å². The molecule has 0 aliphatic carbocycles. The van der Waals surface area contributed by atoms with Gasteiger partial charge in [0.1, 0.15) is 17.1 Å². The number of aryl methyl sites for hydroxylation is 2. The van der Waals surface area contributed by atoms with Crippen LogP contribution in [0.5, 0.6) is 11.5 Å². The van der Waals surface area contributed by atoms with Gasteiger partial charge in [-0.3, -0.25) is 0 Å². The van der Waals surface area contributed by atoms with E-state index in [0.717, 1.165) is 46.0 Å². The Hall–Kier alpha value is -3.01. The molecular formula is C21H21N3O. The van der Waals surface area contributed by atoms with E-state index in [1.165, 1.54) is 0 Å². The van der Waals surface area contributed by atoms with E-state index in [1.807, 2.05) is 44.3 Å². The third-order valence-electron chi connectivity index (χ3n) is 4.55. The Morgan fingerprint density at radius 3 is 2.60 bits per heavy atom. The summed E-state index contributed by atoms with van der Waals surface area (Å²) in [6.45, 7) is 2.93. The van der Waals surface area contributed by atoms with Crippen molar-refractivity contribution < 1.29 is 4.74 Å². The van der Waals surface area contributed by atoms with Crippen LogP contribution in [-0.2, 0) is 7.05 Å². The molecule has 2 aromatic carbocycles. The molecule has 25 heavy (non-hydrogen) atoms. The number of ether oxygens (including phenoxy) is 1. The van der Waals surface area contributed by atoms with Crippen LogP contribution in [-0.4, -0.2) is 28.0 Å². The van der Waals surface area contributed by atoms with Crippen LogP contribution in [0.3, 0.4) is 0 Å². The van der Waals surface area contributed by atoms with Crippen LogP contribution < -0.4 is 4.74 Å². The lowest BCUT2D eigenvalue weighted by molar-refractivity contribution is 0.484. The molecule has 4 heteroatoms. The molecule has 1 aromatic heterocycles. The fourth-order valence-corrected chi connectivity index (χ4v) is 3.13. The Bertz CT molecular complexity index is 983. The van der Waals surface area contributed by atoms with Gasteiger partial charge in [0.2, 0.25) is 0 Å². The summed E-state index contributed by atoms with van der Waals surface area (Å²) in [4.78, 5) is 6.92. The molecule has 0 saturated heterocycles. The Morgan fingerprint density at radius 2 is 1.84 bits per heavy atom. The highest BCUT2D eigenvalue weighted by Gasteiger charge is 2.18. The van der Waals surface area contributed by atoms with Crippen molar-refractivity contribution in [2.24, 2.45) is 7.05 Å². The molecule has 0 unspecified atom stereocenters. The van der Waals surface area contributed by atoms with Crippen LogP contribution >= 0.6 is 0 Å². The van der Waals surface area contributed by atoms with E-state index in [2.05, 4.69) is 47.0 Å². The number of fused-ring (bicyclic) bond motifs is 1. The number of nitrogens with zero attached hydrogens (tertiary/aromatic N) is 3. The minimum Gasteiger partial charge on any atom is -0.454 e. The van der Waals surface area contributed by atoms with Crippen molar-refractivity contribution in [3.05, 3.63) is 72.2 Å². The minimum absolute atomic E-state index is 0.804. The predicted molar refractivity (Wildman–Crippen MR) is 102 cm³/mol. The Labute approximate surface area is 147 Å². The van der Waals surface area contributed by atoms with Crippen LogP contribution in [0.15, 0.2) is 60.8 Å². The second kappa shape index (κ2) is 6.13. The van der Waals surface area contributed by atoms with Gasteiger partial charge >= 0.3 is 0 Å². The van der Waals surface area contributed by atoms with E-state index >= 15 is 0 Å². The first-order valence-corrected chi connectivity index (χ1v) is 8.41. The molecule has 126 valence electrons. The summed E-state index contributed by atoms with van der Waals surface area (Å²) in [5.41, 5.74) is 4.15. The molecule has 1 aliphatic heterocycles. The van der Waals surface area contributed by atoms with Gasteiger partial charge in [0.25, 0.3) is 0 Å². The van der Waals surface area contributed by atoms with E-state index in [0.29, 0.717) is 0 Å². The lowest BCUT2D eigenvalue weighted by atomic mass is 10.0. The molecule has 0 amide bonds.